The van der Waals surface area contributed by atoms with Gasteiger partial charge >= 0.3 is 13.6 Å². The Morgan fingerprint density at radius 3 is 2.19 bits per heavy atom. The number of hydrogen-bond donors (Lipinski definition) is 3. The molecule has 0 fully saturated rings. The third-order valence-electron chi connectivity index (χ3n) is 2.07. The second-order valence-corrected chi connectivity index (χ2v) is 4.91. The fourth-order valence-corrected chi connectivity index (χ4v) is 2.21. The van der Waals surface area contributed by atoms with E-state index in [-0.39, 0.29) is 0 Å². The Kier molecular flexibility index (Phi) is 3.70. The molecule has 0 heterocycles. The van der Waals surface area contributed by atoms with Crippen molar-refractivity contribution in [1.82, 2.24) is 0 Å². The van der Waals surface area contributed by atoms with Crippen molar-refractivity contribution < 1.29 is 24.3 Å². The van der Waals surface area contributed by atoms with Crippen LogP contribution in [0, 0.1) is 0 Å². The largest absolute Gasteiger partial charge is 0.479 e. The van der Waals surface area contributed by atoms with Gasteiger partial charge in [-0.2, -0.15) is 0 Å². The first kappa shape index (κ1) is 12.7. The molecule has 0 bridgehead atoms. The van der Waals surface area contributed by atoms with E-state index in [9.17, 15) is 9.36 Å². The van der Waals surface area contributed by atoms with Gasteiger partial charge in [0.15, 0.2) is 0 Å². The van der Waals surface area contributed by atoms with Crippen LogP contribution in [-0.4, -0.2) is 33.7 Å². The van der Waals surface area contributed by atoms with Crippen molar-refractivity contribution in [2.75, 3.05) is 11.9 Å². The molecule has 3 N–H and O–H groups in total. The third kappa shape index (κ3) is 2.82. The predicted octanol–water partition coefficient (Wildman–Crippen LogP) is 0.711. The van der Waals surface area contributed by atoms with Crippen molar-refractivity contribution in [2.45, 2.75) is 5.78 Å². The lowest BCUT2D eigenvalue weighted by molar-refractivity contribution is -0.136. The first-order valence-corrected chi connectivity index (χ1v) is 6.08. The zero-order chi connectivity index (χ0) is 12.3. The highest BCUT2D eigenvalue weighted by Gasteiger charge is 2.39. The second kappa shape index (κ2) is 4.65. The average molecular weight is 245 g/mol. The molecule has 0 saturated carbocycles. The van der Waals surface area contributed by atoms with Crippen LogP contribution in [0.3, 0.4) is 0 Å². The SMILES string of the molecule is CN(c1ccccc1)[C@H](C(=O)O)P(=O)(O)O. The van der Waals surface area contributed by atoms with E-state index in [4.69, 9.17) is 14.9 Å². The molecule has 0 unspecified atom stereocenters. The normalized spacial score (nSPS) is 13.2. The van der Waals surface area contributed by atoms with Gasteiger partial charge in [0.1, 0.15) is 0 Å². The quantitative estimate of drug-likeness (QED) is 0.676. The van der Waals surface area contributed by atoms with Gasteiger partial charge in [0.05, 0.1) is 0 Å². The minimum absolute atomic E-state index is 0.429. The van der Waals surface area contributed by atoms with E-state index in [1.807, 2.05) is 0 Å². The number of carbonyl (C=O) groups is 1. The summed E-state index contributed by atoms with van der Waals surface area (Å²) in [5.74, 6) is -3.42. The lowest BCUT2D eigenvalue weighted by Crippen LogP contribution is -2.38. The van der Waals surface area contributed by atoms with Crippen LogP contribution in [0.1, 0.15) is 0 Å². The highest BCUT2D eigenvalue weighted by molar-refractivity contribution is 7.53. The molecule has 88 valence electrons. The molecule has 1 aromatic rings. The number of rotatable bonds is 4. The summed E-state index contributed by atoms with van der Waals surface area (Å²) in [5, 5.41) is 8.81. The van der Waals surface area contributed by atoms with E-state index in [0.29, 0.717) is 5.69 Å². The molecular formula is C9H12NO5P. The summed E-state index contributed by atoms with van der Waals surface area (Å²) >= 11 is 0. The van der Waals surface area contributed by atoms with Gasteiger partial charge < -0.3 is 19.8 Å². The molecule has 0 spiro atoms. The number of para-hydroxylation sites is 1. The van der Waals surface area contributed by atoms with Gasteiger partial charge in [-0.05, 0) is 12.1 Å². The Hall–Kier alpha value is -1.36. The lowest BCUT2D eigenvalue weighted by atomic mass is 10.3. The summed E-state index contributed by atoms with van der Waals surface area (Å²) in [5.41, 5.74) is 0.429. The Morgan fingerprint density at radius 2 is 1.81 bits per heavy atom. The number of aliphatic carboxylic acids is 1. The zero-order valence-corrected chi connectivity index (χ0v) is 9.41. The van der Waals surface area contributed by atoms with E-state index in [2.05, 4.69) is 0 Å². The second-order valence-electron chi connectivity index (χ2n) is 3.25. The molecule has 0 aromatic heterocycles. The Morgan fingerprint density at radius 1 is 1.31 bits per heavy atom. The minimum atomic E-state index is -4.73. The Labute approximate surface area is 92.3 Å². The van der Waals surface area contributed by atoms with Gasteiger partial charge in [-0.25, -0.2) is 4.79 Å². The monoisotopic (exact) mass is 245 g/mol. The molecule has 6 nitrogen and oxygen atoms in total. The number of carboxylic acid groups (broad SMARTS) is 1. The molecular weight excluding hydrogens is 233 g/mol. The van der Waals surface area contributed by atoms with Crippen molar-refractivity contribution in [3.05, 3.63) is 30.3 Å². The number of benzene rings is 1. The lowest BCUT2D eigenvalue weighted by Gasteiger charge is -2.26. The van der Waals surface area contributed by atoms with Crippen LogP contribution < -0.4 is 4.90 Å². The third-order valence-corrected chi connectivity index (χ3v) is 3.27. The summed E-state index contributed by atoms with van der Waals surface area (Å²) in [6.45, 7) is 0. The number of hydrogen-bond acceptors (Lipinski definition) is 3. The minimum Gasteiger partial charge on any atom is -0.479 e. The summed E-state index contributed by atoms with van der Waals surface area (Å²) in [4.78, 5) is 29.8. The maximum absolute atomic E-state index is 11.1. The van der Waals surface area contributed by atoms with E-state index in [0.717, 1.165) is 4.90 Å². The molecule has 0 saturated heterocycles. The highest BCUT2D eigenvalue weighted by atomic mass is 31.2. The van der Waals surface area contributed by atoms with Crippen LogP contribution in [0.25, 0.3) is 0 Å². The van der Waals surface area contributed by atoms with Gasteiger partial charge in [0, 0.05) is 12.7 Å². The number of likely N-dealkylation sites (N-methyl/N-ethyl adjacent to an activating group) is 1. The van der Waals surface area contributed by atoms with Crippen molar-refractivity contribution in [2.24, 2.45) is 0 Å². The van der Waals surface area contributed by atoms with E-state index < -0.39 is 19.3 Å². The van der Waals surface area contributed by atoms with Crippen molar-refractivity contribution in [3.8, 4) is 0 Å². The van der Waals surface area contributed by atoms with Crippen LogP contribution in [0.5, 0.6) is 0 Å². The van der Waals surface area contributed by atoms with Crippen LogP contribution in [0.4, 0.5) is 5.69 Å². The molecule has 0 aliphatic heterocycles. The topological polar surface area (TPSA) is 98.1 Å². The average Bonchev–Trinajstić information content (AvgIpc) is 2.16. The van der Waals surface area contributed by atoms with E-state index in [1.54, 1.807) is 30.3 Å². The van der Waals surface area contributed by atoms with E-state index >= 15 is 0 Å². The fraction of sp³-hybridized carbons (Fsp3) is 0.222. The van der Waals surface area contributed by atoms with Crippen LogP contribution in [-0.2, 0) is 9.36 Å². The predicted molar refractivity (Wildman–Crippen MR) is 58.3 cm³/mol. The molecule has 1 rings (SSSR count). The van der Waals surface area contributed by atoms with Gasteiger partial charge in [-0.3, -0.25) is 4.57 Å². The van der Waals surface area contributed by atoms with Gasteiger partial charge in [0.2, 0.25) is 5.78 Å². The molecule has 16 heavy (non-hydrogen) atoms. The first-order chi connectivity index (χ1) is 7.34. The zero-order valence-electron chi connectivity index (χ0n) is 8.52. The number of anilines is 1. The maximum Gasteiger partial charge on any atom is 0.359 e. The molecule has 0 radical (unpaired) electrons. The van der Waals surface area contributed by atoms with Crippen molar-refractivity contribution in [1.29, 1.82) is 0 Å². The summed E-state index contributed by atoms with van der Waals surface area (Å²) in [7, 11) is -3.40. The number of nitrogens with zero attached hydrogens (tertiary/aromatic N) is 1. The molecule has 1 atom stereocenters. The molecule has 0 aliphatic carbocycles. The van der Waals surface area contributed by atoms with E-state index in [1.165, 1.54) is 7.05 Å². The summed E-state index contributed by atoms with van der Waals surface area (Å²) in [6.07, 6.45) is 0. The van der Waals surface area contributed by atoms with Gasteiger partial charge in [-0.15, -0.1) is 0 Å². The Bertz CT molecular complexity index is 415. The van der Waals surface area contributed by atoms with Crippen LogP contribution in [0.2, 0.25) is 0 Å². The number of carboxylic acids is 1. The van der Waals surface area contributed by atoms with Crippen molar-refractivity contribution >= 4 is 19.3 Å². The van der Waals surface area contributed by atoms with Crippen LogP contribution in [0.15, 0.2) is 30.3 Å². The smallest absolute Gasteiger partial charge is 0.359 e. The summed E-state index contributed by atoms with van der Waals surface area (Å²) < 4.78 is 11.1. The van der Waals surface area contributed by atoms with Crippen LogP contribution >= 0.6 is 7.60 Å². The standard InChI is InChI=1S/C9H12NO5P/c1-10(7-5-3-2-4-6-7)8(9(11)12)16(13,14)15/h2-6,8H,1H3,(H,11,12)(H2,13,14,15)/t8-/m0/s1. The van der Waals surface area contributed by atoms with Gasteiger partial charge in [-0.1, -0.05) is 18.2 Å². The fourth-order valence-electron chi connectivity index (χ4n) is 1.34. The summed E-state index contributed by atoms with van der Waals surface area (Å²) in [6, 6.07) is 8.19. The molecule has 7 heteroatoms. The molecule has 1 aromatic carbocycles. The Balaban J connectivity index is 3.07. The highest BCUT2D eigenvalue weighted by Crippen LogP contribution is 2.43. The molecule has 0 amide bonds. The first-order valence-electron chi connectivity index (χ1n) is 4.40. The van der Waals surface area contributed by atoms with Gasteiger partial charge in [0.25, 0.3) is 0 Å². The molecule has 0 aliphatic rings. The maximum atomic E-state index is 11.1. The van der Waals surface area contributed by atoms with Crippen molar-refractivity contribution in [3.63, 3.8) is 0 Å².